The van der Waals surface area contributed by atoms with Crippen molar-refractivity contribution in [1.82, 2.24) is 4.90 Å². The summed E-state index contributed by atoms with van der Waals surface area (Å²) in [4.78, 5) is 14.7. The molecule has 2 unspecified atom stereocenters. The number of morpholine rings is 1. The minimum Gasteiger partial charge on any atom is -0.371 e. The van der Waals surface area contributed by atoms with Crippen LogP contribution in [0.2, 0.25) is 5.02 Å². The van der Waals surface area contributed by atoms with Gasteiger partial charge < -0.3 is 10.1 Å². The lowest BCUT2D eigenvalue weighted by molar-refractivity contribution is -0.124. The molecule has 25 heavy (non-hydrogen) atoms. The summed E-state index contributed by atoms with van der Waals surface area (Å²) in [6, 6.07) is 15.0. The van der Waals surface area contributed by atoms with E-state index < -0.39 is 0 Å². The van der Waals surface area contributed by atoms with Crippen LogP contribution >= 0.6 is 27.5 Å². The van der Waals surface area contributed by atoms with Gasteiger partial charge in [-0.05, 0) is 48.9 Å². The van der Waals surface area contributed by atoms with E-state index in [1.807, 2.05) is 19.1 Å². The SMILES string of the molecule is CC(C(=O)Nc1ccc(Cl)cc1)N1CCOC(c2ccc(Br)cc2)C1. The van der Waals surface area contributed by atoms with Gasteiger partial charge in [-0.1, -0.05) is 39.7 Å². The van der Waals surface area contributed by atoms with E-state index in [0.29, 0.717) is 18.2 Å². The Hall–Kier alpha value is -1.40. The summed E-state index contributed by atoms with van der Waals surface area (Å²) >= 11 is 9.33. The summed E-state index contributed by atoms with van der Waals surface area (Å²) in [5.41, 5.74) is 1.87. The summed E-state index contributed by atoms with van der Waals surface area (Å²) in [7, 11) is 0. The summed E-state index contributed by atoms with van der Waals surface area (Å²) in [5.74, 6) is -0.0289. The third-order valence-electron chi connectivity index (χ3n) is 4.38. The standard InChI is InChI=1S/C19H20BrClN2O2/c1-13(19(24)22-17-8-6-16(21)7-9-17)23-10-11-25-18(12-23)14-2-4-15(20)5-3-14/h2-9,13,18H,10-12H2,1H3,(H,22,24). The van der Waals surface area contributed by atoms with Crippen molar-refractivity contribution in [3.05, 3.63) is 63.6 Å². The van der Waals surface area contributed by atoms with Gasteiger partial charge in [0.15, 0.2) is 0 Å². The molecule has 2 atom stereocenters. The molecule has 0 saturated carbocycles. The minimum atomic E-state index is -0.238. The first kappa shape index (κ1) is 18.4. The first-order chi connectivity index (χ1) is 12.0. The summed E-state index contributed by atoms with van der Waals surface area (Å²) in [5, 5.41) is 3.59. The number of carbonyl (C=O) groups is 1. The van der Waals surface area contributed by atoms with Gasteiger partial charge in [0.25, 0.3) is 0 Å². The molecule has 0 radical (unpaired) electrons. The monoisotopic (exact) mass is 422 g/mol. The molecule has 1 aliphatic rings. The van der Waals surface area contributed by atoms with E-state index in [2.05, 4.69) is 38.3 Å². The van der Waals surface area contributed by atoms with Crippen LogP contribution in [-0.4, -0.2) is 36.5 Å². The van der Waals surface area contributed by atoms with Crippen LogP contribution in [0.15, 0.2) is 53.0 Å². The molecule has 1 amide bonds. The molecule has 1 fully saturated rings. The lowest BCUT2D eigenvalue weighted by Crippen LogP contribution is -2.48. The van der Waals surface area contributed by atoms with Crippen LogP contribution in [0.1, 0.15) is 18.6 Å². The molecule has 2 aromatic carbocycles. The number of carbonyl (C=O) groups excluding carboxylic acids is 1. The number of hydrogen-bond acceptors (Lipinski definition) is 3. The van der Waals surface area contributed by atoms with Crippen molar-refractivity contribution in [1.29, 1.82) is 0 Å². The molecule has 1 heterocycles. The zero-order valence-corrected chi connectivity index (χ0v) is 16.3. The van der Waals surface area contributed by atoms with Crippen molar-refractivity contribution in [2.45, 2.75) is 19.1 Å². The highest BCUT2D eigenvalue weighted by molar-refractivity contribution is 9.10. The Balaban J connectivity index is 1.62. The number of benzene rings is 2. The minimum absolute atomic E-state index is 0.0207. The van der Waals surface area contributed by atoms with Gasteiger partial charge >= 0.3 is 0 Å². The topological polar surface area (TPSA) is 41.6 Å². The van der Waals surface area contributed by atoms with Crippen LogP contribution in [0.4, 0.5) is 5.69 Å². The largest absolute Gasteiger partial charge is 0.371 e. The summed E-state index contributed by atoms with van der Waals surface area (Å²) in [6.45, 7) is 3.97. The fraction of sp³-hybridized carbons (Fsp3) is 0.316. The normalized spacial score (nSPS) is 19.4. The van der Waals surface area contributed by atoms with Crippen LogP contribution in [0.5, 0.6) is 0 Å². The zero-order chi connectivity index (χ0) is 17.8. The Morgan fingerprint density at radius 1 is 1.24 bits per heavy atom. The van der Waals surface area contributed by atoms with Gasteiger partial charge in [-0.25, -0.2) is 0 Å². The average Bonchev–Trinajstić information content (AvgIpc) is 2.63. The molecule has 0 aromatic heterocycles. The molecule has 4 nitrogen and oxygen atoms in total. The van der Waals surface area contributed by atoms with Gasteiger partial charge in [0.05, 0.1) is 18.8 Å². The molecule has 1 saturated heterocycles. The molecule has 3 rings (SSSR count). The number of nitrogens with zero attached hydrogens (tertiary/aromatic N) is 1. The lowest BCUT2D eigenvalue weighted by atomic mass is 10.1. The smallest absolute Gasteiger partial charge is 0.241 e. The number of amides is 1. The van der Waals surface area contributed by atoms with Gasteiger partial charge in [-0.3, -0.25) is 9.69 Å². The van der Waals surface area contributed by atoms with E-state index in [1.54, 1.807) is 24.3 Å². The second-order valence-corrected chi connectivity index (χ2v) is 7.43. The highest BCUT2D eigenvalue weighted by Gasteiger charge is 2.28. The third kappa shape index (κ3) is 4.82. The van der Waals surface area contributed by atoms with E-state index in [-0.39, 0.29) is 18.1 Å². The molecule has 2 aromatic rings. The van der Waals surface area contributed by atoms with E-state index in [4.69, 9.17) is 16.3 Å². The molecule has 0 aliphatic carbocycles. The zero-order valence-electron chi connectivity index (χ0n) is 13.9. The molecule has 0 spiro atoms. The molecule has 1 N–H and O–H groups in total. The Morgan fingerprint density at radius 2 is 1.92 bits per heavy atom. The summed E-state index contributed by atoms with van der Waals surface area (Å²) < 4.78 is 6.93. The lowest BCUT2D eigenvalue weighted by Gasteiger charge is -2.36. The first-order valence-electron chi connectivity index (χ1n) is 8.20. The van der Waals surface area contributed by atoms with Crippen molar-refractivity contribution in [2.75, 3.05) is 25.0 Å². The average molecular weight is 424 g/mol. The number of anilines is 1. The van der Waals surface area contributed by atoms with Gasteiger partial charge in [0, 0.05) is 28.3 Å². The van der Waals surface area contributed by atoms with Gasteiger partial charge in [-0.15, -0.1) is 0 Å². The summed E-state index contributed by atoms with van der Waals surface area (Å²) in [6.07, 6.45) is -0.0207. The number of nitrogens with one attached hydrogen (secondary N) is 1. The van der Waals surface area contributed by atoms with Gasteiger partial charge in [0.1, 0.15) is 0 Å². The Labute approximate surface area is 161 Å². The van der Waals surface area contributed by atoms with Crippen molar-refractivity contribution < 1.29 is 9.53 Å². The fourth-order valence-electron chi connectivity index (χ4n) is 2.85. The predicted octanol–water partition coefficient (Wildman–Crippen LogP) is 4.50. The number of rotatable bonds is 4. The third-order valence-corrected chi connectivity index (χ3v) is 5.16. The predicted molar refractivity (Wildman–Crippen MR) is 104 cm³/mol. The molecule has 132 valence electrons. The van der Waals surface area contributed by atoms with E-state index in [9.17, 15) is 4.79 Å². The molecule has 1 aliphatic heterocycles. The highest BCUT2D eigenvalue weighted by Crippen LogP contribution is 2.25. The Kier molecular flexibility index (Phi) is 6.12. The van der Waals surface area contributed by atoms with E-state index in [1.165, 1.54) is 0 Å². The second kappa shape index (κ2) is 8.32. The van der Waals surface area contributed by atoms with Crippen LogP contribution in [0.3, 0.4) is 0 Å². The molecule has 6 heteroatoms. The number of halogens is 2. The number of ether oxygens (including phenoxy) is 1. The van der Waals surface area contributed by atoms with Crippen LogP contribution in [0, 0.1) is 0 Å². The molecule has 0 bridgehead atoms. The maximum Gasteiger partial charge on any atom is 0.241 e. The Morgan fingerprint density at radius 3 is 2.60 bits per heavy atom. The van der Waals surface area contributed by atoms with Gasteiger partial charge in [0.2, 0.25) is 5.91 Å². The van der Waals surface area contributed by atoms with Crippen LogP contribution in [-0.2, 0) is 9.53 Å². The quantitative estimate of drug-likeness (QED) is 0.787. The van der Waals surface area contributed by atoms with E-state index in [0.717, 1.165) is 22.3 Å². The van der Waals surface area contributed by atoms with Crippen LogP contribution in [0.25, 0.3) is 0 Å². The van der Waals surface area contributed by atoms with Crippen molar-refractivity contribution in [2.24, 2.45) is 0 Å². The molecular formula is C19H20BrClN2O2. The van der Waals surface area contributed by atoms with Crippen LogP contribution < -0.4 is 5.32 Å². The van der Waals surface area contributed by atoms with E-state index >= 15 is 0 Å². The number of hydrogen-bond donors (Lipinski definition) is 1. The van der Waals surface area contributed by atoms with Crippen molar-refractivity contribution in [3.8, 4) is 0 Å². The maximum absolute atomic E-state index is 12.6. The second-order valence-electron chi connectivity index (χ2n) is 6.08. The Bertz CT molecular complexity index is 721. The highest BCUT2D eigenvalue weighted by atomic mass is 79.9. The van der Waals surface area contributed by atoms with Crippen molar-refractivity contribution >= 4 is 39.1 Å². The van der Waals surface area contributed by atoms with Gasteiger partial charge in [-0.2, -0.15) is 0 Å². The fourth-order valence-corrected chi connectivity index (χ4v) is 3.24. The first-order valence-corrected chi connectivity index (χ1v) is 9.37. The van der Waals surface area contributed by atoms with Crippen molar-refractivity contribution in [3.63, 3.8) is 0 Å². The maximum atomic E-state index is 12.6. The molecular weight excluding hydrogens is 404 g/mol.